The largest absolute Gasteiger partial charge is 0.354 e. The van der Waals surface area contributed by atoms with Crippen LogP contribution < -0.4 is 5.32 Å². The van der Waals surface area contributed by atoms with E-state index in [4.69, 9.17) is 9.47 Å². The molecule has 0 aromatic carbocycles. The fraction of sp³-hybridized carbons (Fsp3) is 0.636. The summed E-state index contributed by atoms with van der Waals surface area (Å²) in [6, 6.07) is 2.12. The predicted molar refractivity (Wildman–Crippen MR) is 70.9 cm³/mol. The van der Waals surface area contributed by atoms with Gasteiger partial charge in [-0.25, -0.2) is 0 Å². The molecule has 0 aliphatic carbocycles. The van der Waals surface area contributed by atoms with Gasteiger partial charge in [-0.1, -0.05) is 6.92 Å². The molecule has 92 valence electrons. The number of halogens is 1. The molecule has 1 atom stereocenters. The smallest absolute Gasteiger partial charge is 0.177 e. The van der Waals surface area contributed by atoms with Gasteiger partial charge in [-0.2, -0.15) is 0 Å². The zero-order valence-corrected chi connectivity index (χ0v) is 12.2. The van der Waals surface area contributed by atoms with Gasteiger partial charge in [0.05, 0.1) is 6.04 Å². The lowest BCUT2D eigenvalue weighted by Gasteiger charge is -2.25. The number of thiophene rings is 1. The summed E-state index contributed by atoms with van der Waals surface area (Å²) in [5, 5.41) is 5.50. The van der Waals surface area contributed by atoms with Gasteiger partial charge in [0.2, 0.25) is 0 Å². The average Bonchev–Trinajstić information content (AvgIpc) is 2.71. The standard InChI is InChI=1S/C11H18BrNO2S/c1-4-6-13-9(11(14-2)15-3)10-8(12)5-7-16-10/h5,7,9,11,13H,4,6H2,1-3H3. The first-order valence-electron chi connectivity index (χ1n) is 5.26. The van der Waals surface area contributed by atoms with E-state index in [1.165, 1.54) is 4.88 Å². The maximum absolute atomic E-state index is 5.34. The lowest BCUT2D eigenvalue weighted by Crippen LogP contribution is -2.34. The van der Waals surface area contributed by atoms with Crippen molar-refractivity contribution in [3.63, 3.8) is 0 Å². The quantitative estimate of drug-likeness (QED) is 0.785. The molecule has 5 heteroatoms. The van der Waals surface area contributed by atoms with Gasteiger partial charge < -0.3 is 14.8 Å². The number of hydrogen-bond donors (Lipinski definition) is 1. The summed E-state index contributed by atoms with van der Waals surface area (Å²) in [4.78, 5) is 1.21. The predicted octanol–water partition coefficient (Wildman–Crippen LogP) is 3.17. The van der Waals surface area contributed by atoms with Gasteiger partial charge in [0.1, 0.15) is 0 Å². The summed E-state index contributed by atoms with van der Waals surface area (Å²) in [6.45, 7) is 3.08. The molecule has 1 rings (SSSR count). The fourth-order valence-electron chi connectivity index (χ4n) is 1.51. The van der Waals surface area contributed by atoms with Crippen LogP contribution in [0.5, 0.6) is 0 Å². The third-order valence-corrected chi connectivity index (χ3v) is 4.23. The highest BCUT2D eigenvalue weighted by atomic mass is 79.9. The van der Waals surface area contributed by atoms with Gasteiger partial charge in [-0.3, -0.25) is 0 Å². The lowest BCUT2D eigenvalue weighted by atomic mass is 10.2. The molecule has 0 saturated heterocycles. The van der Waals surface area contributed by atoms with E-state index in [1.54, 1.807) is 25.6 Å². The molecular weight excluding hydrogens is 290 g/mol. The Morgan fingerprint density at radius 1 is 1.44 bits per heavy atom. The van der Waals surface area contributed by atoms with Crippen LogP contribution in [0, 0.1) is 0 Å². The van der Waals surface area contributed by atoms with E-state index in [0.717, 1.165) is 17.4 Å². The topological polar surface area (TPSA) is 30.5 Å². The molecule has 3 nitrogen and oxygen atoms in total. The van der Waals surface area contributed by atoms with Crippen LogP contribution in [0.15, 0.2) is 15.9 Å². The molecule has 1 aromatic rings. The van der Waals surface area contributed by atoms with Crippen LogP contribution >= 0.6 is 27.3 Å². The first kappa shape index (κ1) is 14.1. The second kappa shape index (κ2) is 7.40. The zero-order chi connectivity index (χ0) is 12.0. The monoisotopic (exact) mass is 307 g/mol. The minimum Gasteiger partial charge on any atom is -0.354 e. The van der Waals surface area contributed by atoms with E-state index >= 15 is 0 Å². The van der Waals surface area contributed by atoms with Crippen LogP contribution in [0.3, 0.4) is 0 Å². The van der Waals surface area contributed by atoms with E-state index in [1.807, 2.05) is 6.07 Å². The van der Waals surface area contributed by atoms with Crippen LogP contribution in [-0.4, -0.2) is 27.1 Å². The minimum atomic E-state index is -0.263. The van der Waals surface area contributed by atoms with Crippen molar-refractivity contribution in [1.29, 1.82) is 0 Å². The van der Waals surface area contributed by atoms with Crippen LogP contribution in [0.2, 0.25) is 0 Å². The molecule has 0 aliphatic rings. The highest BCUT2D eigenvalue weighted by molar-refractivity contribution is 9.10. The maximum Gasteiger partial charge on any atom is 0.177 e. The Balaban J connectivity index is 2.82. The van der Waals surface area contributed by atoms with E-state index < -0.39 is 0 Å². The third kappa shape index (κ3) is 3.53. The molecule has 1 heterocycles. The summed E-state index contributed by atoms with van der Waals surface area (Å²) in [5.41, 5.74) is 0. The SMILES string of the molecule is CCCNC(c1sccc1Br)C(OC)OC. The Morgan fingerprint density at radius 3 is 2.56 bits per heavy atom. The average molecular weight is 308 g/mol. The van der Waals surface area contributed by atoms with E-state index in [-0.39, 0.29) is 12.3 Å². The highest BCUT2D eigenvalue weighted by Gasteiger charge is 2.25. The Hall–Kier alpha value is 0.0600. The Kier molecular flexibility index (Phi) is 6.53. The summed E-state index contributed by atoms with van der Waals surface area (Å²) >= 11 is 5.24. The Morgan fingerprint density at radius 2 is 2.12 bits per heavy atom. The molecular formula is C11H18BrNO2S. The number of hydrogen-bond acceptors (Lipinski definition) is 4. The molecule has 0 amide bonds. The minimum absolute atomic E-state index is 0.0734. The zero-order valence-electron chi connectivity index (χ0n) is 9.83. The number of nitrogens with one attached hydrogen (secondary N) is 1. The first-order chi connectivity index (χ1) is 7.74. The van der Waals surface area contributed by atoms with Gasteiger partial charge in [0.25, 0.3) is 0 Å². The van der Waals surface area contributed by atoms with Crippen LogP contribution in [-0.2, 0) is 9.47 Å². The fourth-order valence-corrected chi connectivity index (χ4v) is 3.21. The lowest BCUT2D eigenvalue weighted by molar-refractivity contribution is -0.123. The molecule has 0 saturated carbocycles. The number of methoxy groups -OCH3 is 2. The van der Waals surface area contributed by atoms with Crippen LogP contribution in [0.25, 0.3) is 0 Å². The third-order valence-electron chi connectivity index (χ3n) is 2.28. The molecule has 1 unspecified atom stereocenters. The van der Waals surface area contributed by atoms with Gasteiger partial charge in [0.15, 0.2) is 6.29 Å². The molecule has 0 fully saturated rings. The van der Waals surface area contributed by atoms with Gasteiger partial charge >= 0.3 is 0 Å². The van der Waals surface area contributed by atoms with Crippen molar-refractivity contribution in [2.24, 2.45) is 0 Å². The molecule has 1 N–H and O–H groups in total. The van der Waals surface area contributed by atoms with E-state index in [0.29, 0.717) is 0 Å². The molecule has 0 spiro atoms. The van der Waals surface area contributed by atoms with Crippen LogP contribution in [0.1, 0.15) is 24.3 Å². The van der Waals surface area contributed by atoms with Crippen LogP contribution in [0.4, 0.5) is 0 Å². The molecule has 0 radical (unpaired) electrons. The van der Waals surface area contributed by atoms with Crippen molar-refractivity contribution in [1.82, 2.24) is 5.32 Å². The van der Waals surface area contributed by atoms with Crippen molar-refractivity contribution >= 4 is 27.3 Å². The molecule has 1 aromatic heterocycles. The first-order valence-corrected chi connectivity index (χ1v) is 6.93. The van der Waals surface area contributed by atoms with Gasteiger partial charge in [-0.05, 0) is 40.3 Å². The van der Waals surface area contributed by atoms with Gasteiger partial charge in [-0.15, -0.1) is 11.3 Å². The second-order valence-electron chi connectivity index (χ2n) is 3.40. The van der Waals surface area contributed by atoms with Crippen molar-refractivity contribution in [2.45, 2.75) is 25.7 Å². The normalized spacial score (nSPS) is 13.3. The summed E-state index contributed by atoms with van der Waals surface area (Å²) in [7, 11) is 3.33. The van der Waals surface area contributed by atoms with Crippen molar-refractivity contribution in [3.8, 4) is 0 Å². The highest BCUT2D eigenvalue weighted by Crippen LogP contribution is 2.32. The number of ether oxygens (including phenoxy) is 2. The maximum atomic E-state index is 5.34. The summed E-state index contributed by atoms with van der Waals surface area (Å²) < 4.78 is 11.8. The van der Waals surface area contributed by atoms with Gasteiger partial charge in [0, 0.05) is 23.6 Å². The Labute approximate surface area is 109 Å². The van der Waals surface area contributed by atoms with E-state index in [9.17, 15) is 0 Å². The molecule has 0 aliphatic heterocycles. The summed E-state index contributed by atoms with van der Waals surface area (Å²) in [5.74, 6) is 0. The Bertz CT molecular complexity index is 302. The van der Waals surface area contributed by atoms with E-state index in [2.05, 4.69) is 33.6 Å². The summed E-state index contributed by atoms with van der Waals surface area (Å²) in [6.07, 6.45) is 0.820. The van der Waals surface area contributed by atoms with Crippen molar-refractivity contribution in [2.75, 3.05) is 20.8 Å². The second-order valence-corrected chi connectivity index (χ2v) is 5.21. The number of rotatable bonds is 7. The molecule has 0 bridgehead atoms. The van der Waals surface area contributed by atoms with Crippen molar-refractivity contribution in [3.05, 3.63) is 20.8 Å². The van der Waals surface area contributed by atoms with Crippen molar-refractivity contribution < 1.29 is 9.47 Å². The molecule has 16 heavy (non-hydrogen) atoms.